The van der Waals surface area contributed by atoms with Gasteiger partial charge in [-0.25, -0.2) is 21.6 Å². The van der Waals surface area contributed by atoms with Gasteiger partial charge in [0.2, 0.25) is 10.0 Å². The van der Waals surface area contributed by atoms with Crippen LogP contribution < -0.4 is 0 Å². The Hall–Kier alpha value is -1.86. The van der Waals surface area contributed by atoms with Crippen molar-refractivity contribution in [1.82, 2.24) is 4.31 Å². The van der Waals surface area contributed by atoms with Crippen LogP contribution in [0, 0.1) is 17.5 Å². The molecule has 25 heavy (non-hydrogen) atoms. The lowest BCUT2D eigenvalue weighted by atomic mass is 10.1. The van der Waals surface area contributed by atoms with Gasteiger partial charge >= 0.3 is 0 Å². The minimum atomic E-state index is -4.28. The molecule has 0 saturated heterocycles. The molecule has 1 fully saturated rings. The van der Waals surface area contributed by atoms with Gasteiger partial charge in [0.1, 0.15) is 4.90 Å². The second kappa shape index (κ2) is 5.85. The molecule has 2 aromatic carbocycles. The van der Waals surface area contributed by atoms with Crippen molar-refractivity contribution >= 4 is 10.0 Å². The molecule has 4 rings (SSSR count). The lowest BCUT2D eigenvalue weighted by Crippen LogP contribution is -2.36. The second-order valence-electron chi connectivity index (χ2n) is 6.49. The Bertz CT molecular complexity index is 941. The number of aryl methyl sites for hydroxylation is 1. The van der Waals surface area contributed by atoms with Gasteiger partial charge in [0, 0.05) is 6.04 Å². The Morgan fingerprint density at radius 2 is 1.64 bits per heavy atom. The molecule has 0 heterocycles. The first-order valence-corrected chi connectivity index (χ1v) is 9.60. The van der Waals surface area contributed by atoms with Crippen molar-refractivity contribution in [3.05, 3.63) is 65.0 Å². The molecule has 2 aromatic rings. The van der Waals surface area contributed by atoms with Crippen LogP contribution in [0.3, 0.4) is 0 Å². The van der Waals surface area contributed by atoms with E-state index in [1.165, 1.54) is 4.31 Å². The molecule has 1 atom stereocenters. The molecule has 3 nitrogen and oxygen atoms in total. The molecular formula is C18H16F3NO2S. The Morgan fingerprint density at radius 3 is 2.36 bits per heavy atom. The van der Waals surface area contributed by atoms with Gasteiger partial charge in [0.25, 0.3) is 0 Å². The van der Waals surface area contributed by atoms with E-state index in [9.17, 15) is 21.6 Å². The zero-order valence-electron chi connectivity index (χ0n) is 13.3. The lowest BCUT2D eigenvalue weighted by Gasteiger charge is -2.29. The fourth-order valence-electron chi connectivity index (χ4n) is 3.57. The smallest absolute Gasteiger partial charge is 0.207 e. The lowest BCUT2D eigenvalue weighted by molar-refractivity contribution is 0.311. The fourth-order valence-corrected chi connectivity index (χ4v) is 5.51. The van der Waals surface area contributed by atoms with Crippen LogP contribution in [0.5, 0.6) is 0 Å². The standard InChI is InChI=1S/C18H16F3NO2S/c19-14-8-10-16(18(21)17(14)20)25(23,24)22(12-6-7-12)15-9-5-11-3-1-2-4-13(11)15/h1-4,8,10,12,15H,5-7,9H2. The average molecular weight is 367 g/mol. The number of fused-ring (bicyclic) bond motifs is 1. The molecule has 2 aliphatic carbocycles. The third-order valence-corrected chi connectivity index (χ3v) is 6.85. The molecule has 0 aromatic heterocycles. The highest BCUT2D eigenvalue weighted by Gasteiger charge is 2.46. The molecule has 2 aliphatic rings. The van der Waals surface area contributed by atoms with E-state index in [4.69, 9.17) is 0 Å². The van der Waals surface area contributed by atoms with E-state index in [-0.39, 0.29) is 6.04 Å². The molecule has 0 spiro atoms. The van der Waals surface area contributed by atoms with Gasteiger partial charge in [-0.2, -0.15) is 4.31 Å². The van der Waals surface area contributed by atoms with E-state index in [1.807, 2.05) is 24.3 Å². The highest BCUT2D eigenvalue weighted by molar-refractivity contribution is 7.89. The Morgan fingerprint density at radius 1 is 0.920 bits per heavy atom. The maximum atomic E-state index is 14.2. The topological polar surface area (TPSA) is 37.4 Å². The van der Waals surface area contributed by atoms with Crippen LogP contribution in [-0.4, -0.2) is 18.8 Å². The van der Waals surface area contributed by atoms with Gasteiger partial charge in [-0.3, -0.25) is 0 Å². The van der Waals surface area contributed by atoms with Gasteiger partial charge in [-0.15, -0.1) is 0 Å². The van der Waals surface area contributed by atoms with E-state index in [1.54, 1.807) is 0 Å². The van der Waals surface area contributed by atoms with Crippen molar-refractivity contribution in [2.45, 2.75) is 42.7 Å². The van der Waals surface area contributed by atoms with Crippen molar-refractivity contribution in [1.29, 1.82) is 0 Å². The molecule has 0 aliphatic heterocycles. The Labute approximate surface area is 144 Å². The van der Waals surface area contributed by atoms with Gasteiger partial charge < -0.3 is 0 Å². The Kier molecular flexibility index (Phi) is 3.88. The summed E-state index contributed by atoms with van der Waals surface area (Å²) in [7, 11) is -4.28. The first-order chi connectivity index (χ1) is 11.9. The zero-order chi connectivity index (χ0) is 17.8. The summed E-state index contributed by atoms with van der Waals surface area (Å²) in [6, 6.07) is 8.39. The molecule has 0 N–H and O–H groups in total. The minimum absolute atomic E-state index is 0.228. The summed E-state index contributed by atoms with van der Waals surface area (Å²) in [6.07, 6.45) is 2.70. The number of halogens is 3. The van der Waals surface area contributed by atoms with E-state index in [0.29, 0.717) is 25.3 Å². The number of nitrogens with zero attached hydrogens (tertiary/aromatic N) is 1. The Balaban J connectivity index is 1.81. The SMILES string of the molecule is O=S(=O)(c1ccc(F)c(F)c1F)N(C1CC1)C1CCc2ccccc21. The summed E-state index contributed by atoms with van der Waals surface area (Å²) in [5.41, 5.74) is 1.97. The molecule has 0 amide bonds. The van der Waals surface area contributed by atoms with E-state index >= 15 is 0 Å². The highest BCUT2D eigenvalue weighted by Crippen LogP contribution is 2.45. The van der Waals surface area contributed by atoms with Crippen LogP contribution in [0.25, 0.3) is 0 Å². The molecule has 0 radical (unpaired) electrons. The first kappa shape index (κ1) is 16.6. The van der Waals surface area contributed by atoms with E-state index in [0.717, 1.165) is 23.6 Å². The monoisotopic (exact) mass is 367 g/mol. The van der Waals surface area contributed by atoms with Crippen molar-refractivity contribution in [3.63, 3.8) is 0 Å². The molecule has 132 valence electrons. The highest BCUT2D eigenvalue weighted by atomic mass is 32.2. The molecular weight excluding hydrogens is 351 g/mol. The van der Waals surface area contributed by atoms with Crippen molar-refractivity contribution in [3.8, 4) is 0 Å². The third kappa shape index (κ3) is 2.66. The summed E-state index contributed by atoms with van der Waals surface area (Å²) >= 11 is 0. The second-order valence-corrected chi connectivity index (χ2v) is 8.30. The van der Waals surface area contributed by atoms with E-state index in [2.05, 4.69) is 0 Å². The van der Waals surface area contributed by atoms with E-state index < -0.39 is 38.4 Å². The summed E-state index contributed by atoms with van der Waals surface area (Å²) in [4.78, 5) is -0.803. The maximum absolute atomic E-state index is 14.2. The van der Waals surface area contributed by atoms with Crippen molar-refractivity contribution < 1.29 is 21.6 Å². The number of hydrogen-bond acceptors (Lipinski definition) is 2. The number of sulfonamides is 1. The molecule has 1 saturated carbocycles. The van der Waals surface area contributed by atoms with Crippen LogP contribution in [0.2, 0.25) is 0 Å². The number of rotatable bonds is 4. The quantitative estimate of drug-likeness (QED) is 0.768. The van der Waals surface area contributed by atoms with Crippen LogP contribution >= 0.6 is 0 Å². The normalized spacial score (nSPS) is 20.1. The van der Waals surface area contributed by atoms with Gasteiger partial charge in [-0.1, -0.05) is 24.3 Å². The van der Waals surface area contributed by atoms with Gasteiger partial charge in [-0.05, 0) is 48.9 Å². The summed E-state index contributed by atoms with van der Waals surface area (Å²) in [6.45, 7) is 0. The molecule has 0 bridgehead atoms. The maximum Gasteiger partial charge on any atom is 0.246 e. The fraction of sp³-hybridized carbons (Fsp3) is 0.333. The largest absolute Gasteiger partial charge is 0.246 e. The summed E-state index contributed by atoms with van der Waals surface area (Å²) in [5, 5.41) is 0. The predicted octanol–water partition coefficient (Wildman–Crippen LogP) is 3.94. The van der Waals surface area contributed by atoms with Gasteiger partial charge in [0.05, 0.1) is 6.04 Å². The number of benzene rings is 2. The third-order valence-electron chi connectivity index (χ3n) is 4.87. The number of hydrogen-bond donors (Lipinski definition) is 0. The summed E-state index contributed by atoms with van der Waals surface area (Å²) in [5.74, 6) is -4.82. The molecule has 1 unspecified atom stereocenters. The molecule has 7 heteroatoms. The van der Waals surface area contributed by atoms with Crippen LogP contribution in [-0.2, 0) is 16.4 Å². The predicted molar refractivity (Wildman–Crippen MR) is 85.9 cm³/mol. The van der Waals surface area contributed by atoms with Crippen LogP contribution in [0.1, 0.15) is 36.4 Å². The van der Waals surface area contributed by atoms with Crippen LogP contribution in [0.15, 0.2) is 41.3 Å². The zero-order valence-corrected chi connectivity index (χ0v) is 14.1. The van der Waals surface area contributed by atoms with Crippen molar-refractivity contribution in [2.75, 3.05) is 0 Å². The van der Waals surface area contributed by atoms with Gasteiger partial charge in [0.15, 0.2) is 17.5 Å². The average Bonchev–Trinajstić information content (AvgIpc) is 3.32. The van der Waals surface area contributed by atoms with Crippen molar-refractivity contribution in [2.24, 2.45) is 0 Å². The first-order valence-electron chi connectivity index (χ1n) is 8.16. The summed E-state index contributed by atoms with van der Waals surface area (Å²) < 4.78 is 68.4. The minimum Gasteiger partial charge on any atom is -0.207 e. The van der Waals surface area contributed by atoms with Crippen LogP contribution in [0.4, 0.5) is 13.2 Å².